The zero-order valence-electron chi connectivity index (χ0n) is 12.1. The fourth-order valence-corrected chi connectivity index (χ4v) is 3.43. The zero-order chi connectivity index (χ0) is 14.9. The Balaban J connectivity index is 2.41. The molecule has 0 N–H and O–H groups in total. The van der Waals surface area contributed by atoms with E-state index in [0.29, 0.717) is 16.1 Å². The van der Waals surface area contributed by atoms with Crippen molar-refractivity contribution < 1.29 is 0 Å². The van der Waals surface area contributed by atoms with Crippen LogP contribution in [0.4, 0.5) is 0 Å². The van der Waals surface area contributed by atoms with Crippen LogP contribution in [0.1, 0.15) is 44.6 Å². The highest BCUT2D eigenvalue weighted by Gasteiger charge is 2.19. The van der Waals surface area contributed by atoms with Crippen molar-refractivity contribution in [1.29, 1.82) is 0 Å². The Bertz CT molecular complexity index is 592. The van der Waals surface area contributed by atoms with Gasteiger partial charge in [-0.1, -0.05) is 57.3 Å². The zero-order valence-corrected chi connectivity index (χ0v) is 14.5. The molecule has 0 bridgehead atoms. The predicted molar refractivity (Wildman–Crippen MR) is 88.1 cm³/mol. The lowest BCUT2D eigenvalue weighted by Crippen LogP contribution is -2.07. The molecule has 2 aromatic rings. The van der Waals surface area contributed by atoms with Crippen molar-refractivity contribution in [2.24, 2.45) is 0 Å². The van der Waals surface area contributed by atoms with Gasteiger partial charge in [-0.15, -0.1) is 11.3 Å². The first kappa shape index (κ1) is 15.7. The highest BCUT2D eigenvalue weighted by atomic mass is 35.5. The number of aromatic nitrogens is 2. The van der Waals surface area contributed by atoms with Crippen molar-refractivity contribution in [2.75, 3.05) is 0 Å². The van der Waals surface area contributed by atoms with Gasteiger partial charge in [0.1, 0.15) is 10.3 Å². The topological polar surface area (TPSA) is 25.8 Å². The van der Waals surface area contributed by atoms with Crippen LogP contribution in [0.5, 0.6) is 0 Å². The van der Waals surface area contributed by atoms with Crippen LogP contribution >= 0.6 is 34.5 Å². The quantitative estimate of drug-likeness (QED) is 0.669. The van der Waals surface area contributed by atoms with E-state index in [9.17, 15) is 0 Å². The monoisotopic (exact) mass is 328 g/mol. The van der Waals surface area contributed by atoms with Gasteiger partial charge < -0.3 is 0 Å². The number of thiophene rings is 1. The van der Waals surface area contributed by atoms with Gasteiger partial charge in [0.25, 0.3) is 0 Å². The van der Waals surface area contributed by atoms with E-state index in [1.165, 1.54) is 4.88 Å². The number of hydrogen-bond acceptors (Lipinski definition) is 3. The van der Waals surface area contributed by atoms with Gasteiger partial charge in [-0.05, 0) is 24.0 Å². The SMILES string of the molecule is CCCc1c(Cl)nc(-c2ccc(C(C)(C)C)s2)nc1Cl. The van der Waals surface area contributed by atoms with Crippen molar-refractivity contribution in [3.05, 3.63) is 32.9 Å². The largest absolute Gasteiger partial charge is 0.215 e. The van der Waals surface area contributed by atoms with Gasteiger partial charge in [-0.3, -0.25) is 0 Å². The fourth-order valence-electron chi connectivity index (χ4n) is 1.86. The normalized spacial score (nSPS) is 11.9. The molecule has 0 spiro atoms. The minimum absolute atomic E-state index is 0.124. The first-order valence-electron chi connectivity index (χ1n) is 6.65. The average Bonchev–Trinajstić information content (AvgIpc) is 2.82. The van der Waals surface area contributed by atoms with Gasteiger partial charge in [-0.25, -0.2) is 9.97 Å². The third-order valence-corrected chi connectivity index (χ3v) is 5.10. The van der Waals surface area contributed by atoms with Crippen molar-refractivity contribution in [3.8, 4) is 10.7 Å². The summed E-state index contributed by atoms with van der Waals surface area (Å²) in [6, 6.07) is 4.15. The van der Waals surface area contributed by atoms with Crippen LogP contribution in [-0.2, 0) is 11.8 Å². The van der Waals surface area contributed by atoms with Gasteiger partial charge in [-0.2, -0.15) is 0 Å². The summed E-state index contributed by atoms with van der Waals surface area (Å²) in [6.45, 7) is 8.64. The Morgan fingerprint density at radius 2 is 1.70 bits per heavy atom. The number of nitrogens with zero attached hydrogens (tertiary/aromatic N) is 2. The fraction of sp³-hybridized carbons (Fsp3) is 0.467. The smallest absolute Gasteiger partial charge is 0.172 e. The van der Waals surface area contributed by atoms with Crippen LogP contribution in [0.3, 0.4) is 0 Å². The Hall–Kier alpha value is -0.640. The van der Waals surface area contributed by atoms with Crippen molar-refractivity contribution in [1.82, 2.24) is 9.97 Å². The minimum atomic E-state index is 0.124. The minimum Gasteiger partial charge on any atom is -0.215 e. The summed E-state index contributed by atoms with van der Waals surface area (Å²) in [5.74, 6) is 0.611. The van der Waals surface area contributed by atoms with E-state index in [-0.39, 0.29) is 5.41 Å². The van der Waals surface area contributed by atoms with Gasteiger partial charge in [0, 0.05) is 10.4 Å². The summed E-state index contributed by atoms with van der Waals surface area (Å²) in [6.07, 6.45) is 1.77. The van der Waals surface area contributed by atoms with Crippen molar-refractivity contribution in [2.45, 2.75) is 46.0 Å². The molecular weight excluding hydrogens is 311 g/mol. The molecule has 2 aromatic heterocycles. The highest BCUT2D eigenvalue weighted by Crippen LogP contribution is 2.35. The summed E-state index contributed by atoms with van der Waals surface area (Å²) in [5, 5.41) is 0.931. The summed E-state index contributed by atoms with van der Waals surface area (Å²) < 4.78 is 0. The molecule has 0 unspecified atom stereocenters. The van der Waals surface area contributed by atoms with Crippen molar-refractivity contribution in [3.63, 3.8) is 0 Å². The van der Waals surface area contributed by atoms with Crippen LogP contribution in [0, 0.1) is 0 Å². The summed E-state index contributed by atoms with van der Waals surface area (Å²) >= 11 is 14.1. The lowest BCUT2D eigenvalue weighted by atomic mass is 9.95. The maximum Gasteiger partial charge on any atom is 0.172 e. The average molecular weight is 329 g/mol. The molecule has 0 amide bonds. The van der Waals surface area contributed by atoms with E-state index >= 15 is 0 Å². The molecule has 0 radical (unpaired) electrons. The first-order chi connectivity index (χ1) is 9.32. The van der Waals surface area contributed by atoms with E-state index in [4.69, 9.17) is 23.2 Å². The molecule has 0 atom stereocenters. The molecule has 0 aromatic carbocycles. The highest BCUT2D eigenvalue weighted by molar-refractivity contribution is 7.15. The Kier molecular flexibility index (Phi) is 4.73. The van der Waals surface area contributed by atoms with Gasteiger partial charge >= 0.3 is 0 Å². The molecule has 0 saturated carbocycles. The van der Waals surface area contributed by atoms with Gasteiger partial charge in [0.05, 0.1) is 4.88 Å². The summed E-state index contributed by atoms with van der Waals surface area (Å²) in [7, 11) is 0. The number of rotatable bonds is 3. The third-order valence-electron chi connectivity index (χ3n) is 2.97. The maximum atomic E-state index is 6.23. The maximum absolute atomic E-state index is 6.23. The summed E-state index contributed by atoms with van der Waals surface area (Å²) in [5.41, 5.74) is 0.964. The molecule has 0 aliphatic heterocycles. The molecule has 0 fully saturated rings. The molecule has 2 rings (SSSR count). The van der Waals surface area contributed by atoms with Crippen LogP contribution in [0.15, 0.2) is 12.1 Å². The molecule has 20 heavy (non-hydrogen) atoms. The molecular formula is C15H18Cl2N2S. The van der Waals surface area contributed by atoms with E-state index in [1.807, 2.05) is 6.07 Å². The van der Waals surface area contributed by atoms with Crippen LogP contribution in [0.25, 0.3) is 10.7 Å². The second-order valence-corrected chi connectivity index (χ2v) is 7.57. The Labute approximate surface area is 134 Å². The molecule has 0 aliphatic rings. The van der Waals surface area contributed by atoms with E-state index in [0.717, 1.165) is 23.3 Å². The predicted octanol–water partition coefficient (Wildman–Crippen LogP) is 5.76. The van der Waals surface area contributed by atoms with E-state index in [1.54, 1.807) is 11.3 Å². The molecule has 5 heteroatoms. The molecule has 108 valence electrons. The van der Waals surface area contributed by atoms with E-state index in [2.05, 4.69) is 43.7 Å². The van der Waals surface area contributed by atoms with Crippen LogP contribution < -0.4 is 0 Å². The second-order valence-electron chi connectivity index (χ2n) is 5.77. The molecule has 2 heterocycles. The molecule has 2 nitrogen and oxygen atoms in total. The lowest BCUT2D eigenvalue weighted by molar-refractivity contribution is 0.604. The standard InChI is InChI=1S/C15H18Cl2N2S/c1-5-6-9-12(16)18-14(19-13(9)17)10-7-8-11(20-10)15(2,3)4/h7-8H,5-6H2,1-4H3. The summed E-state index contributed by atoms with van der Waals surface area (Å²) in [4.78, 5) is 11.1. The van der Waals surface area contributed by atoms with E-state index < -0.39 is 0 Å². The Morgan fingerprint density at radius 3 is 2.15 bits per heavy atom. The third kappa shape index (κ3) is 3.33. The molecule has 0 aliphatic carbocycles. The van der Waals surface area contributed by atoms with Gasteiger partial charge in [0.15, 0.2) is 5.82 Å². The number of halogens is 2. The van der Waals surface area contributed by atoms with Crippen molar-refractivity contribution >= 4 is 34.5 Å². The van der Waals surface area contributed by atoms with Gasteiger partial charge in [0.2, 0.25) is 0 Å². The second kappa shape index (κ2) is 6.00. The molecule has 0 saturated heterocycles. The van der Waals surface area contributed by atoms with Crippen LogP contribution in [0.2, 0.25) is 10.3 Å². The number of hydrogen-bond donors (Lipinski definition) is 0. The Morgan fingerprint density at radius 1 is 1.10 bits per heavy atom. The lowest BCUT2D eigenvalue weighted by Gasteiger charge is -2.15. The first-order valence-corrected chi connectivity index (χ1v) is 8.22. The van der Waals surface area contributed by atoms with Crippen LogP contribution in [-0.4, -0.2) is 9.97 Å².